The van der Waals surface area contributed by atoms with Crippen molar-refractivity contribution in [1.82, 2.24) is 10.3 Å². The molecule has 0 aromatic carbocycles. The van der Waals surface area contributed by atoms with Gasteiger partial charge in [0.1, 0.15) is 5.69 Å². The Kier molecular flexibility index (Phi) is 6.57. The molecule has 1 amide bonds. The van der Waals surface area contributed by atoms with E-state index in [1.807, 2.05) is 0 Å². The number of alkyl halides is 1. The molecule has 0 spiro atoms. The zero-order chi connectivity index (χ0) is 12.5. The highest BCUT2D eigenvalue weighted by Gasteiger charge is 2.04. The molecule has 5 nitrogen and oxygen atoms in total. The standard InChI is InChI=1S/C11H15BrN2O3/c12-5-8-17-7-2-6-13-11(16)9-3-1-4-10(15)14-9/h1,3-4H,2,5-8H2,(H,13,16)(H,14,15). The summed E-state index contributed by atoms with van der Waals surface area (Å²) in [5, 5.41) is 3.51. The number of pyridine rings is 1. The fourth-order valence-electron chi connectivity index (χ4n) is 1.21. The summed E-state index contributed by atoms with van der Waals surface area (Å²) in [6.45, 7) is 1.80. The van der Waals surface area contributed by atoms with Crippen LogP contribution in [0.4, 0.5) is 0 Å². The van der Waals surface area contributed by atoms with Crippen LogP contribution in [0.5, 0.6) is 0 Å². The van der Waals surface area contributed by atoms with Crippen LogP contribution in [0.25, 0.3) is 0 Å². The average molecular weight is 303 g/mol. The smallest absolute Gasteiger partial charge is 0.267 e. The summed E-state index contributed by atoms with van der Waals surface area (Å²) in [5.41, 5.74) is -0.00261. The first-order valence-corrected chi connectivity index (χ1v) is 6.47. The van der Waals surface area contributed by atoms with Crippen molar-refractivity contribution in [1.29, 1.82) is 0 Å². The van der Waals surface area contributed by atoms with Gasteiger partial charge < -0.3 is 15.0 Å². The van der Waals surface area contributed by atoms with Gasteiger partial charge in [0.25, 0.3) is 5.91 Å². The molecule has 0 radical (unpaired) electrons. The molecule has 0 aliphatic heterocycles. The van der Waals surface area contributed by atoms with Crippen LogP contribution < -0.4 is 10.9 Å². The Morgan fingerprint density at radius 2 is 2.24 bits per heavy atom. The third-order valence-electron chi connectivity index (χ3n) is 1.99. The molecule has 94 valence electrons. The highest BCUT2D eigenvalue weighted by Crippen LogP contribution is 1.90. The normalized spacial score (nSPS) is 10.2. The summed E-state index contributed by atoms with van der Waals surface area (Å²) >= 11 is 3.25. The van der Waals surface area contributed by atoms with Crippen molar-refractivity contribution in [2.45, 2.75) is 6.42 Å². The number of rotatable bonds is 7. The Morgan fingerprint density at radius 3 is 2.94 bits per heavy atom. The maximum Gasteiger partial charge on any atom is 0.267 e. The fourth-order valence-corrected chi connectivity index (χ4v) is 1.44. The second-order valence-corrected chi connectivity index (χ2v) is 4.13. The van der Waals surface area contributed by atoms with Crippen molar-refractivity contribution in [3.05, 3.63) is 34.2 Å². The molecule has 2 N–H and O–H groups in total. The number of carbonyl (C=O) groups excluding carboxylic acids is 1. The van der Waals surface area contributed by atoms with Crippen LogP contribution in [0.15, 0.2) is 23.0 Å². The number of H-pyrrole nitrogens is 1. The van der Waals surface area contributed by atoms with Crippen LogP contribution in [-0.4, -0.2) is 36.0 Å². The predicted molar refractivity (Wildman–Crippen MR) is 68.6 cm³/mol. The lowest BCUT2D eigenvalue weighted by atomic mass is 10.3. The largest absolute Gasteiger partial charge is 0.381 e. The highest BCUT2D eigenvalue weighted by atomic mass is 79.9. The molecule has 0 saturated heterocycles. The lowest BCUT2D eigenvalue weighted by molar-refractivity contribution is 0.0939. The van der Waals surface area contributed by atoms with Gasteiger partial charge in [0, 0.05) is 24.5 Å². The van der Waals surface area contributed by atoms with Gasteiger partial charge in [0.2, 0.25) is 5.56 Å². The third kappa shape index (κ3) is 5.65. The van der Waals surface area contributed by atoms with E-state index < -0.39 is 0 Å². The van der Waals surface area contributed by atoms with E-state index in [1.54, 1.807) is 12.1 Å². The minimum Gasteiger partial charge on any atom is -0.381 e. The van der Waals surface area contributed by atoms with Crippen molar-refractivity contribution < 1.29 is 9.53 Å². The molecule has 1 heterocycles. The topological polar surface area (TPSA) is 71.2 Å². The maximum absolute atomic E-state index is 11.6. The van der Waals surface area contributed by atoms with Gasteiger partial charge in [-0.3, -0.25) is 9.59 Å². The number of amides is 1. The van der Waals surface area contributed by atoms with E-state index in [0.29, 0.717) is 19.8 Å². The van der Waals surface area contributed by atoms with E-state index in [-0.39, 0.29) is 17.2 Å². The number of hydrogen-bond donors (Lipinski definition) is 2. The summed E-state index contributed by atoms with van der Waals surface area (Å²) in [6.07, 6.45) is 0.746. The van der Waals surface area contributed by atoms with Gasteiger partial charge in [-0.05, 0) is 12.5 Å². The third-order valence-corrected chi connectivity index (χ3v) is 2.31. The van der Waals surface area contributed by atoms with Gasteiger partial charge in [-0.1, -0.05) is 22.0 Å². The second kappa shape index (κ2) is 8.03. The van der Waals surface area contributed by atoms with Crippen molar-refractivity contribution in [2.24, 2.45) is 0 Å². The van der Waals surface area contributed by atoms with Gasteiger partial charge in [0.05, 0.1) is 6.61 Å². The first-order chi connectivity index (χ1) is 8.24. The molecule has 0 aliphatic carbocycles. The second-order valence-electron chi connectivity index (χ2n) is 3.34. The molecule has 0 atom stereocenters. The predicted octanol–water partition coefficient (Wildman–Crippen LogP) is 0.906. The van der Waals surface area contributed by atoms with E-state index in [9.17, 15) is 9.59 Å². The molecular weight excluding hydrogens is 288 g/mol. The first-order valence-electron chi connectivity index (χ1n) is 5.35. The summed E-state index contributed by atoms with van der Waals surface area (Å²) in [7, 11) is 0. The van der Waals surface area contributed by atoms with Crippen LogP contribution in [0.2, 0.25) is 0 Å². The monoisotopic (exact) mass is 302 g/mol. The van der Waals surface area contributed by atoms with Crippen molar-refractivity contribution in [2.75, 3.05) is 25.1 Å². The van der Waals surface area contributed by atoms with Crippen molar-refractivity contribution >= 4 is 21.8 Å². The fraction of sp³-hybridized carbons (Fsp3) is 0.455. The molecule has 0 aliphatic rings. The molecule has 1 aromatic heterocycles. The minimum atomic E-state index is -0.279. The van der Waals surface area contributed by atoms with Gasteiger partial charge in [0.15, 0.2) is 0 Å². The number of aromatic amines is 1. The Labute approximate surface area is 108 Å². The number of aromatic nitrogens is 1. The van der Waals surface area contributed by atoms with E-state index in [2.05, 4.69) is 26.2 Å². The van der Waals surface area contributed by atoms with Crippen LogP contribution >= 0.6 is 15.9 Å². The average Bonchev–Trinajstić information content (AvgIpc) is 2.33. The highest BCUT2D eigenvalue weighted by molar-refractivity contribution is 9.09. The molecular formula is C11H15BrN2O3. The van der Waals surface area contributed by atoms with E-state index >= 15 is 0 Å². The first kappa shape index (κ1) is 13.9. The van der Waals surface area contributed by atoms with Crippen LogP contribution in [0.1, 0.15) is 16.9 Å². The van der Waals surface area contributed by atoms with Crippen LogP contribution in [0, 0.1) is 0 Å². The Morgan fingerprint density at radius 1 is 1.41 bits per heavy atom. The van der Waals surface area contributed by atoms with Crippen LogP contribution in [-0.2, 0) is 4.74 Å². The number of hydrogen-bond acceptors (Lipinski definition) is 3. The number of ether oxygens (including phenoxy) is 1. The molecule has 0 fully saturated rings. The lowest BCUT2D eigenvalue weighted by Crippen LogP contribution is -2.27. The van der Waals surface area contributed by atoms with Crippen molar-refractivity contribution in [3.8, 4) is 0 Å². The lowest BCUT2D eigenvalue weighted by Gasteiger charge is -2.05. The van der Waals surface area contributed by atoms with Gasteiger partial charge in [-0.25, -0.2) is 0 Å². The molecule has 0 bridgehead atoms. The van der Waals surface area contributed by atoms with E-state index in [4.69, 9.17) is 4.74 Å². The van der Waals surface area contributed by atoms with Crippen LogP contribution in [0.3, 0.4) is 0 Å². The van der Waals surface area contributed by atoms with Crippen molar-refractivity contribution in [3.63, 3.8) is 0 Å². The van der Waals surface area contributed by atoms with E-state index in [1.165, 1.54) is 6.07 Å². The molecule has 6 heteroatoms. The van der Waals surface area contributed by atoms with E-state index in [0.717, 1.165) is 11.8 Å². The molecule has 0 unspecified atom stereocenters. The maximum atomic E-state index is 11.6. The summed E-state index contributed by atoms with van der Waals surface area (Å²) in [6, 6.07) is 4.48. The quantitative estimate of drug-likeness (QED) is 0.581. The van der Waals surface area contributed by atoms with Gasteiger partial charge >= 0.3 is 0 Å². The summed E-state index contributed by atoms with van der Waals surface area (Å²) in [5.74, 6) is -0.275. The van der Waals surface area contributed by atoms with Gasteiger partial charge in [-0.15, -0.1) is 0 Å². The Balaban J connectivity index is 2.24. The molecule has 1 aromatic rings. The Bertz CT molecular complexity index is 406. The minimum absolute atomic E-state index is 0.275. The number of nitrogens with one attached hydrogen (secondary N) is 2. The molecule has 17 heavy (non-hydrogen) atoms. The zero-order valence-electron chi connectivity index (χ0n) is 9.37. The SMILES string of the molecule is O=C(NCCCOCCBr)c1cccc(=O)[nH]1. The summed E-state index contributed by atoms with van der Waals surface area (Å²) in [4.78, 5) is 25.0. The molecule has 1 rings (SSSR count). The Hall–Kier alpha value is -1.14. The number of halogens is 1. The molecule has 0 saturated carbocycles. The van der Waals surface area contributed by atoms with Gasteiger partial charge in [-0.2, -0.15) is 0 Å². The number of carbonyl (C=O) groups is 1. The zero-order valence-corrected chi connectivity index (χ0v) is 11.0. The summed E-state index contributed by atoms with van der Waals surface area (Å²) < 4.78 is 5.23.